The summed E-state index contributed by atoms with van der Waals surface area (Å²) in [4.78, 5) is 7.54. The van der Waals surface area contributed by atoms with Crippen LogP contribution in [0.3, 0.4) is 0 Å². The predicted molar refractivity (Wildman–Crippen MR) is 149 cm³/mol. The number of pyridine rings is 1. The van der Waals surface area contributed by atoms with Gasteiger partial charge < -0.3 is 9.47 Å². The first-order valence-electron chi connectivity index (χ1n) is 13.4. The molecule has 1 fully saturated rings. The highest BCUT2D eigenvalue weighted by Gasteiger charge is 2.22. The van der Waals surface area contributed by atoms with E-state index in [1.165, 1.54) is 31.9 Å². The minimum Gasteiger partial charge on any atom is -0.346 e. The molecule has 5 aromatic rings. The van der Waals surface area contributed by atoms with Crippen LogP contribution in [0.2, 0.25) is 0 Å². The summed E-state index contributed by atoms with van der Waals surface area (Å²) >= 11 is 0. The van der Waals surface area contributed by atoms with Gasteiger partial charge in [-0.05, 0) is 74.2 Å². The molecule has 0 spiro atoms. The molecule has 4 heterocycles. The molecule has 38 heavy (non-hydrogen) atoms. The van der Waals surface area contributed by atoms with Gasteiger partial charge in [0, 0.05) is 48.2 Å². The van der Waals surface area contributed by atoms with E-state index in [1.807, 2.05) is 48.4 Å². The van der Waals surface area contributed by atoms with Gasteiger partial charge >= 0.3 is 0 Å². The Balaban J connectivity index is 1.47. The second-order valence-electron chi connectivity index (χ2n) is 10.4. The number of aromatic nitrogens is 4. The van der Waals surface area contributed by atoms with Gasteiger partial charge in [0.1, 0.15) is 11.9 Å². The van der Waals surface area contributed by atoms with Crippen molar-refractivity contribution in [2.24, 2.45) is 13.0 Å². The van der Waals surface area contributed by atoms with Crippen molar-refractivity contribution in [2.75, 3.05) is 19.6 Å². The Morgan fingerprint density at radius 1 is 1.08 bits per heavy atom. The minimum absolute atomic E-state index is 0.0405. The van der Waals surface area contributed by atoms with Gasteiger partial charge in [0.25, 0.3) is 0 Å². The third-order valence-corrected chi connectivity index (χ3v) is 7.82. The molecule has 192 valence electrons. The highest BCUT2D eigenvalue weighted by molar-refractivity contribution is 6.02. The standard InChI is InChI=1S/C31H31FN6/c1-3-11-37-12-4-5-21(19-37)20-38-13-10-26-29(38)18-34-31(23-8-9-28-25(14-23)17-35-36(28)2)30(26)22-6-7-24(16-33)27(32)15-22/h6-10,13-15,17-18,21H,3-5,11-12,19-20H2,1-2H3/t21-/m1/s1. The molecule has 7 heteroatoms. The normalized spacial score (nSPS) is 16.3. The topological polar surface area (TPSA) is 62.7 Å². The first kappa shape index (κ1) is 24.3. The zero-order chi connectivity index (χ0) is 26.2. The number of piperidine rings is 1. The van der Waals surface area contributed by atoms with Gasteiger partial charge in [-0.15, -0.1) is 0 Å². The molecule has 6 nitrogen and oxygen atoms in total. The fraction of sp³-hybridized carbons (Fsp3) is 0.323. The fourth-order valence-corrected chi connectivity index (χ4v) is 6.00. The van der Waals surface area contributed by atoms with E-state index in [0.717, 1.165) is 58.3 Å². The number of halogens is 1. The van der Waals surface area contributed by atoms with Gasteiger partial charge in [0.05, 0.1) is 34.7 Å². The van der Waals surface area contributed by atoms with E-state index in [1.54, 1.807) is 6.07 Å². The highest BCUT2D eigenvalue weighted by Crippen LogP contribution is 2.38. The van der Waals surface area contributed by atoms with Gasteiger partial charge in [0.2, 0.25) is 0 Å². The maximum absolute atomic E-state index is 14.8. The lowest BCUT2D eigenvalue weighted by atomic mass is 9.95. The molecule has 0 bridgehead atoms. The van der Waals surface area contributed by atoms with Crippen LogP contribution >= 0.6 is 0 Å². The van der Waals surface area contributed by atoms with Crippen LogP contribution in [-0.2, 0) is 13.6 Å². The van der Waals surface area contributed by atoms with Crippen LogP contribution in [0.25, 0.3) is 44.2 Å². The van der Waals surface area contributed by atoms with Gasteiger partial charge in [-0.3, -0.25) is 9.67 Å². The van der Waals surface area contributed by atoms with E-state index >= 15 is 0 Å². The fourth-order valence-electron chi connectivity index (χ4n) is 6.00. The average molecular weight is 507 g/mol. The smallest absolute Gasteiger partial charge is 0.141 e. The summed E-state index contributed by atoms with van der Waals surface area (Å²) in [6.07, 6.45) is 9.59. The van der Waals surface area contributed by atoms with Crippen molar-refractivity contribution in [3.63, 3.8) is 0 Å². The number of aryl methyl sites for hydroxylation is 1. The van der Waals surface area contributed by atoms with Gasteiger partial charge in [-0.1, -0.05) is 19.1 Å². The van der Waals surface area contributed by atoms with Crippen LogP contribution in [0.15, 0.2) is 61.1 Å². The summed E-state index contributed by atoms with van der Waals surface area (Å²) in [5.41, 5.74) is 5.45. The quantitative estimate of drug-likeness (QED) is 0.268. The van der Waals surface area contributed by atoms with E-state index in [4.69, 9.17) is 4.98 Å². The molecular weight excluding hydrogens is 475 g/mol. The average Bonchev–Trinajstić information content (AvgIpc) is 3.51. The molecule has 0 aliphatic carbocycles. The zero-order valence-corrected chi connectivity index (χ0v) is 21.9. The van der Waals surface area contributed by atoms with Crippen LogP contribution in [-0.4, -0.2) is 43.9 Å². The van der Waals surface area contributed by atoms with Crippen molar-refractivity contribution < 1.29 is 4.39 Å². The van der Waals surface area contributed by atoms with E-state index < -0.39 is 5.82 Å². The number of likely N-dealkylation sites (tertiary alicyclic amines) is 1. The first-order chi connectivity index (χ1) is 18.6. The van der Waals surface area contributed by atoms with Crippen molar-refractivity contribution in [2.45, 2.75) is 32.7 Å². The van der Waals surface area contributed by atoms with Crippen LogP contribution in [0.5, 0.6) is 0 Å². The third-order valence-electron chi connectivity index (χ3n) is 7.82. The Morgan fingerprint density at radius 2 is 1.95 bits per heavy atom. The molecule has 0 unspecified atom stereocenters. The van der Waals surface area contributed by atoms with Gasteiger partial charge in [0.15, 0.2) is 0 Å². The molecule has 0 radical (unpaired) electrons. The molecule has 0 amide bonds. The van der Waals surface area contributed by atoms with Crippen molar-refractivity contribution in [3.05, 3.63) is 72.4 Å². The SMILES string of the molecule is CCCN1CCC[C@@H](Cn2ccc3c(-c4ccc(C#N)c(F)c4)c(-c4ccc5c(cnn5C)c4)ncc32)C1. The Bertz CT molecular complexity index is 1670. The summed E-state index contributed by atoms with van der Waals surface area (Å²) in [5, 5.41) is 15.7. The molecule has 1 atom stereocenters. The van der Waals surface area contributed by atoms with Crippen LogP contribution in [0.4, 0.5) is 4.39 Å². The van der Waals surface area contributed by atoms with Crippen molar-refractivity contribution >= 4 is 21.8 Å². The number of rotatable bonds is 6. The van der Waals surface area contributed by atoms with Crippen LogP contribution in [0, 0.1) is 23.1 Å². The first-order valence-corrected chi connectivity index (χ1v) is 13.4. The Morgan fingerprint density at radius 3 is 2.76 bits per heavy atom. The Hall–Kier alpha value is -4.02. The molecule has 0 N–H and O–H groups in total. The Kier molecular flexibility index (Phi) is 6.42. The highest BCUT2D eigenvalue weighted by atomic mass is 19.1. The van der Waals surface area contributed by atoms with E-state index in [-0.39, 0.29) is 5.56 Å². The Labute approximate surface area is 221 Å². The number of nitrogens with zero attached hydrogens (tertiary/aromatic N) is 6. The van der Waals surface area contributed by atoms with Gasteiger partial charge in [-0.25, -0.2) is 4.39 Å². The summed E-state index contributed by atoms with van der Waals surface area (Å²) < 4.78 is 19.0. The largest absolute Gasteiger partial charge is 0.346 e. The third kappa shape index (κ3) is 4.35. The maximum Gasteiger partial charge on any atom is 0.141 e. The molecular formula is C31H31FN6. The van der Waals surface area contributed by atoms with Crippen molar-refractivity contribution in [1.29, 1.82) is 5.26 Å². The second-order valence-corrected chi connectivity index (χ2v) is 10.4. The second kappa shape index (κ2) is 10.0. The molecule has 1 saturated heterocycles. The number of fused-ring (bicyclic) bond motifs is 2. The zero-order valence-electron chi connectivity index (χ0n) is 21.9. The summed E-state index contributed by atoms with van der Waals surface area (Å²) in [7, 11) is 1.92. The van der Waals surface area contributed by atoms with Crippen molar-refractivity contribution in [1.82, 2.24) is 24.2 Å². The van der Waals surface area contributed by atoms with E-state index in [2.05, 4.69) is 39.8 Å². The van der Waals surface area contributed by atoms with E-state index in [9.17, 15) is 9.65 Å². The number of hydrogen-bond acceptors (Lipinski definition) is 4. The lowest BCUT2D eigenvalue weighted by molar-refractivity contribution is 0.164. The molecule has 0 saturated carbocycles. The molecule has 1 aliphatic heterocycles. The predicted octanol–water partition coefficient (Wildman–Crippen LogP) is 6.39. The number of nitriles is 1. The molecule has 1 aliphatic rings. The lowest BCUT2D eigenvalue weighted by Crippen LogP contribution is -2.37. The molecule has 3 aromatic heterocycles. The van der Waals surface area contributed by atoms with Gasteiger partial charge in [-0.2, -0.15) is 10.4 Å². The maximum atomic E-state index is 14.8. The summed E-state index contributed by atoms with van der Waals surface area (Å²) in [6, 6.07) is 15.1. The molecule has 2 aromatic carbocycles. The van der Waals surface area contributed by atoms with Crippen LogP contribution in [0.1, 0.15) is 31.7 Å². The number of benzene rings is 2. The lowest BCUT2D eigenvalue weighted by Gasteiger charge is -2.32. The number of hydrogen-bond donors (Lipinski definition) is 0. The van der Waals surface area contributed by atoms with E-state index in [0.29, 0.717) is 11.5 Å². The summed E-state index contributed by atoms with van der Waals surface area (Å²) in [5.74, 6) is 0.0719. The monoisotopic (exact) mass is 506 g/mol. The molecule has 6 rings (SSSR count). The summed E-state index contributed by atoms with van der Waals surface area (Å²) in [6.45, 7) is 6.65. The van der Waals surface area contributed by atoms with Crippen molar-refractivity contribution in [3.8, 4) is 28.5 Å². The minimum atomic E-state index is -0.520. The van der Waals surface area contributed by atoms with Crippen LogP contribution < -0.4 is 0 Å².